The molecule has 2 amide bonds. The minimum absolute atomic E-state index is 0. The molecule has 9 nitrogen and oxygen atoms in total. The molecule has 3 atom stereocenters. The normalized spacial score (nSPS) is 22.0. The Kier molecular flexibility index (Phi) is 12.4. The van der Waals surface area contributed by atoms with E-state index >= 15 is 0 Å². The first kappa shape index (κ1) is 30.6. The maximum atomic E-state index is 13.4. The lowest BCUT2D eigenvalue weighted by atomic mass is 10.1. The van der Waals surface area contributed by atoms with Crippen LogP contribution >= 0.6 is 12.4 Å². The number of nitrogens with zero attached hydrogens (tertiary/aromatic N) is 2. The SMILES string of the molecule is Cl.NCc1cccc(C(=O)N2CCCCOC[C@@H](O)[C@H](O)[C@@H](O)CN(C(=O)c3ccc(F)cc3)CC2)c1. The Morgan fingerprint density at radius 3 is 2.30 bits per heavy atom. The Balaban J connectivity index is 0.00000481. The third kappa shape index (κ3) is 8.74. The van der Waals surface area contributed by atoms with Gasteiger partial charge in [-0.15, -0.1) is 12.4 Å². The number of amides is 2. The van der Waals surface area contributed by atoms with E-state index in [1.807, 2.05) is 6.07 Å². The molecule has 1 heterocycles. The smallest absolute Gasteiger partial charge is 0.254 e. The number of hydrogen-bond donors (Lipinski definition) is 4. The molecule has 1 aliphatic rings. The van der Waals surface area contributed by atoms with E-state index in [2.05, 4.69) is 0 Å². The summed E-state index contributed by atoms with van der Waals surface area (Å²) in [6, 6.07) is 12.0. The van der Waals surface area contributed by atoms with E-state index in [4.69, 9.17) is 10.5 Å². The van der Waals surface area contributed by atoms with Gasteiger partial charge in [-0.1, -0.05) is 12.1 Å². The van der Waals surface area contributed by atoms with Crippen molar-refractivity contribution in [2.45, 2.75) is 37.7 Å². The van der Waals surface area contributed by atoms with Crippen LogP contribution in [0.5, 0.6) is 0 Å². The molecule has 0 saturated carbocycles. The molecule has 2 aromatic rings. The Morgan fingerprint density at radius 1 is 0.919 bits per heavy atom. The number of aliphatic hydroxyl groups excluding tert-OH is 3. The van der Waals surface area contributed by atoms with Crippen molar-refractivity contribution in [3.05, 3.63) is 71.0 Å². The zero-order chi connectivity index (χ0) is 26.1. The third-order valence-electron chi connectivity index (χ3n) is 6.17. The molecule has 0 aromatic heterocycles. The van der Waals surface area contributed by atoms with Gasteiger partial charge in [0.15, 0.2) is 0 Å². The van der Waals surface area contributed by atoms with Gasteiger partial charge in [0.25, 0.3) is 11.8 Å². The van der Waals surface area contributed by atoms with Gasteiger partial charge >= 0.3 is 0 Å². The summed E-state index contributed by atoms with van der Waals surface area (Å²) < 4.78 is 18.8. The van der Waals surface area contributed by atoms with Crippen LogP contribution in [-0.2, 0) is 11.3 Å². The summed E-state index contributed by atoms with van der Waals surface area (Å²) >= 11 is 0. The third-order valence-corrected chi connectivity index (χ3v) is 6.17. The van der Waals surface area contributed by atoms with Crippen molar-refractivity contribution in [2.75, 3.05) is 39.4 Å². The first-order valence-corrected chi connectivity index (χ1v) is 12.0. The second-order valence-corrected chi connectivity index (χ2v) is 8.86. The molecule has 0 aliphatic carbocycles. The van der Waals surface area contributed by atoms with E-state index in [-0.39, 0.29) is 50.1 Å². The molecular formula is C26H35ClFN3O6. The Labute approximate surface area is 222 Å². The number of rotatable bonds is 3. The highest BCUT2D eigenvalue weighted by molar-refractivity contribution is 5.95. The number of aliphatic hydroxyl groups is 3. The summed E-state index contributed by atoms with van der Waals surface area (Å²) in [7, 11) is 0. The molecular weight excluding hydrogens is 505 g/mol. The van der Waals surface area contributed by atoms with Crippen molar-refractivity contribution < 1.29 is 34.0 Å². The molecule has 11 heteroatoms. The standard InChI is InChI=1S/C26H34FN3O6.ClH/c27-21-8-6-19(7-9-21)25(34)30-12-11-29(26(35)20-5-3-4-18(14-20)15-28)10-1-2-13-36-17-23(32)24(33)22(31)16-30;/h3-9,14,22-24,31-33H,1-2,10-13,15-17,28H2;1H/t22-,23+,24+;/m0./s1. The van der Waals surface area contributed by atoms with Gasteiger partial charge < -0.3 is 35.6 Å². The number of halogens is 2. The lowest BCUT2D eigenvalue weighted by Gasteiger charge is -2.32. The predicted molar refractivity (Wildman–Crippen MR) is 138 cm³/mol. The molecule has 204 valence electrons. The van der Waals surface area contributed by atoms with Crippen LogP contribution in [0.4, 0.5) is 4.39 Å². The van der Waals surface area contributed by atoms with Crippen LogP contribution < -0.4 is 5.73 Å². The molecule has 37 heavy (non-hydrogen) atoms. The van der Waals surface area contributed by atoms with Crippen LogP contribution in [0.2, 0.25) is 0 Å². The van der Waals surface area contributed by atoms with Gasteiger partial charge in [0.2, 0.25) is 0 Å². The van der Waals surface area contributed by atoms with Gasteiger partial charge in [-0.05, 0) is 54.8 Å². The average molecular weight is 540 g/mol. The van der Waals surface area contributed by atoms with E-state index in [9.17, 15) is 29.3 Å². The summed E-state index contributed by atoms with van der Waals surface area (Å²) in [5.41, 5.74) is 7.21. The van der Waals surface area contributed by atoms with Crippen molar-refractivity contribution >= 4 is 24.2 Å². The van der Waals surface area contributed by atoms with E-state index in [1.54, 1.807) is 23.1 Å². The lowest BCUT2D eigenvalue weighted by Crippen LogP contribution is -2.50. The van der Waals surface area contributed by atoms with Crippen LogP contribution in [-0.4, -0.2) is 94.6 Å². The number of hydrogen-bond acceptors (Lipinski definition) is 7. The highest BCUT2D eigenvalue weighted by Crippen LogP contribution is 2.14. The van der Waals surface area contributed by atoms with Crippen molar-refractivity contribution in [3.8, 4) is 0 Å². The molecule has 3 rings (SSSR count). The van der Waals surface area contributed by atoms with Crippen molar-refractivity contribution in [1.82, 2.24) is 9.80 Å². The zero-order valence-corrected chi connectivity index (χ0v) is 21.4. The topological polar surface area (TPSA) is 137 Å². The fourth-order valence-electron chi connectivity index (χ4n) is 4.02. The Morgan fingerprint density at radius 2 is 1.59 bits per heavy atom. The van der Waals surface area contributed by atoms with E-state index in [1.165, 1.54) is 17.0 Å². The molecule has 1 fully saturated rings. The number of nitrogens with two attached hydrogens (primary N) is 1. The quantitative estimate of drug-likeness (QED) is 0.460. The maximum Gasteiger partial charge on any atom is 0.254 e. The minimum Gasteiger partial charge on any atom is -0.388 e. The number of ether oxygens (including phenoxy) is 1. The van der Waals surface area contributed by atoms with Crippen LogP contribution in [0.1, 0.15) is 39.1 Å². The highest BCUT2D eigenvalue weighted by atomic mass is 35.5. The predicted octanol–water partition coefficient (Wildman–Crippen LogP) is 1.18. The van der Waals surface area contributed by atoms with Crippen molar-refractivity contribution in [1.29, 1.82) is 0 Å². The van der Waals surface area contributed by atoms with Crippen LogP contribution in [0.3, 0.4) is 0 Å². The Hall–Kier alpha value is -2.60. The second-order valence-electron chi connectivity index (χ2n) is 8.86. The van der Waals surface area contributed by atoms with Crippen LogP contribution in [0.25, 0.3) is 0 Å². The van der Waals surface area contributed by atoms with E-state index in [0.717, 1.165) is 17.7 Å². The molecule has 0 bridgehead atoms. The van der Waals surface area contributed by atoms with Crippen molar-refractivity contribution in [3.63, 3.8) is 0 Å². The van der Waals surface area contributed by atoms with Gasteiger partial charge in [-0.2, -0.15) is 0 Å². The van der Waals surface area contributed by atoms with E-state index in [0.29, 0.717) is 38.1 Å². The van der Waals surface area contributed by atoms with E-state index < -0.39 is 30.0 Å². The summed E-state index contributed by atoms with van der Waals surface area (Å²) in [6.45, 7) is 0.739. The minimum atomic E-state index is -1.55. The largest absolute Gasteiger partial charge is 0.388 e. The van der Waals surface area contributed by atoms with Crippen LogP contribution in [0.15, 0.2) is 48.5 Å². The average Bonchev–Trinajstić information content (AvgIpc) is 2.89. The monoisotopic (exact) mass is 539 g/mol. The Bertz CT molecular complexity index is 1010. The fraction of sp³-hybridized carbons (Fsp3) is 0.462. The molecule has 2 aromatic carbocycles. The maximum absolute atomic E-state index is 13.4. The van der Waals surface area contributed by atoms with Gasteiger partial charge in [0, 0.05) is 50.5 Å². The first-order chi connectivity index (χ1) is 17.3. The van der Waals surface area contributed by atoms with Crippen molar-refractivity contribution in [2.24, 2.45) is 5.73 Å². The number of carbonyl (C=O) groups is 2. The van der Waals surface area contributed by atoms with Gasteiger partial charge in [0.1, 0.15) is 24.1 Å². The number of carbonyl (C=O) groups excluding carboxylic acids is 2. The summed E-state index contributed by atoms with van der Waals surface area (Å²) in [5.74, 6) is -1.22. The summed E-state index contributed by atoms with van der Waals surface area (Å²) in [4.78, 5) is 29.5. The molecule has 1 saturated heterocycles. The fourth-order valence-corrected chi connectivity index (χ4v) is 4.02. The van der Waals surface area contributed by atoms with Gasteiger partial charge in [-0.25, -0.2) is 4.39 Å². The highest BCUT2D eigenvalue weighted by Gasteiger charge is 2.29. The number of β-amino-alcohol motifs (C(OH)–C–C–N with tert-alkyl or cyclic N) is 1. The lowest BCUT2D eigenvalue weighted by molar-refractivity contribution is -0.0932. The zero-order valence-electron chi connectivity index (χ0n) is 20.5. The molecule has 0 unspecified atom stereocenters. The van der Waals surface area contributed by atoms with Crippen LogP contribution in [0, 0.1) is 5.82 Å². The molecule has 5 N–H and O–H groups in total. The van der Waals surface area contributed by atoms with Gasteiger partial charge in [0.05, 0.1) is 6.61 Å². The van der Waals surface area contributed by atoms with Gasteiger partial charge in [-0.3, -0.25) is 9.59 Å². The second kappa shape index (κ2) is 15.0. The summed E-state index contributed by atoms with van der Waals surface area (Å²) in [5, 5.41) is 31.1. The molecule has 0 radical (unpaired) electrons. The number of benzene rings is 2. The first-order valence-electron chi connectivity index (χ1n) is 12.0. The molecule has 0 spiro atoms. The summed E-state index contributed by atoms with van der Waals surface area (Å²) in [6.07, 6.45) is -3.13. The molecule has 1 aliphatic heterocycles.